The molecule has 1 heterocycles. The molecule has 1 aromatic carbocycles. The van der Waals surface area contributed by atoms with E-state index in [4.69, 9.17) is 9.47 Å². The minimum absolute atomic E-state index is 0.618. The molecule has 0 saturated carbocycles. The minimum Gasteiger partial charge on any atom is -0.490 e. The number of hydrogen-bond acceptors (Lipinski definition) is 3. The van der Waals surface area contributed by atoms with Crippen LogP contribution in [0.2, 0.25) is 0 Å². The normalized spacial score (nSPS) is 10.2. The zero-order valence-corrected chi connectivity index (χ0v) is 10.1. The van der Waals surface area contributed by atoms with Crippen molar-refractivity contribution in [3.05, 3.63) is 30.7 Å². The van der Waals surface area contributed by atoms with Crippen molar-refractivity contribution in [2.75, 3.05) is 13.2 Å². The first-order chi connectivity index (χ1) is 8.35. The van der Waals surface area contributed by atoms with Crippen molar-refractivity contribution in [3.63, 3.8) is 0 Å². The third-order valence-corrected chi connectivity index (χ3v) is 2.35. The van der Waals surface area contributed by atoms with Crippen molar-refractivity contribution in [2.24, 2.45) is 0 Å². The van der Waals surface area contributed by atoms with Crippen LogP contribution in [-0.4, -0.2) is 23.2 Å². The molecule has 0 saturated heterocycles. The molecule has 4 heteroatoms. The van der Waals surface area contributed by atoms with Gasteiger partial charge in [0.1, 0.15) is 0 Å². The highest BCUT2D eigenvalue weighted by molar-refractivity contribution is 5.63. The summed E-state index contributed by atoms with van der Waals surface area (Å²) >= 11 is 0. The van der Waals surface area contributed by atoms with Crippen molar-refractivity contribution < 1.29 is 9.47 Å². The van der Waals surface area contributed by atoms with E-state index in [0.717, 1.165) is 22.8 Å². The molecule has 0 aliphatic heterocycles. The SMILES string of the molecule is CCOc1ccc(-c2cnc[nH]2)cc1OCC. The molecule has 0 aliphatic carbocycles. The average Bonchev–Trinajstić information content (AvgIpc) is 2.85. The van der Waals surface area contributed by atoms with Crippen molar-refractivity contribution in [3.8, 4) is 22.8 Å². The molecule has 0 amide bonds. The Morgan fingerprint density at radius 2 is 1.88 bits per heavy atom. The molecule has 17 heavy (non-hydrogen) atoms. The molecule has 90 valence electrons. The standard InChI is InChI=1S/C13H16N2O2/c1-3-16-12-6-5-10(7-13(12)17-4-2)11-8-14-9-15-11/h5-9H,3-4H2,1-2H3,(H,14,15). The number of rotatable bonds is 5. The molecule has 0 spiro atoms. The number of nitrogens with zero attached hydrogens (tertiary/aromatic N) is 1. The first kappa shape index (κ1) is 11.5. The zero-order chi connectivity index (χ0) is 12.1. The molecule has 0 unspecified atom stereocenters. The summed E-state index contributed by atoms with van der Waals surface area (Å²) in [4.78, 5) is 7.07. The second-order valence-corrected chi connectivity index (χ2v) is 3.49. The lowest BCUT2D eigenvalue weighted by molar-refractivity contribution is 0.288. The summed E-state index contributed by atoms with van der Waals surface area (Å²) in [6, 6.07) is 5.87. The van der Waals surface area contributed by atoms with Crippen molar-refractivity contribution in [1.82, 2.24) is 9.97 Å². The second-order valence-electron chi connectivity index (χ2n) is 3.49. The van der Waals surface area contributed by atoms with Crippen LogP contribution >= 0.6 is 0 Å². The first-order valence-corrected chi connectivity index (χ1v) is 5.73. The number of ether oxygens (including phenoxy) is 2. The van der Waals surface area contributed by atoms with Crippen LogP contribution in [0.1, 0.15) is 13.8 Å². The number of aromatic nitrogens is 2. The lowest BCUT2D eigenvalue weighted by Crippen LogP contribution is -1.98. The number of nitrogens with one attached hydrogen (secondary N) is 1. The van der Waals surface area contributed by atoms with Crippen molar-refractivity contribution in [2.45, 2.75) is 13.8 Å². The fourth-order valence-corrected chi connectivity index (χ4v) is 1.63. The summed E-state index contributed by atoms with van der Waals surface area (Å²) in [5, 5.41) is 0. The molecule has 0 fully saturated rings. The molecule has 0 radical (unpaired) electrons. The molecular formula is C13H16N2O2. The number of imidazole rings is 1. The summed E-state index contributed by atoms with van der Waals surface area (Å²) in [6.45, 7) is 5.16. The van der Waals surface area contributed by atoms with Gasteiger partial charge in [-0.2, -0.15) is 0 Å². The van der Waals surface area contributed by atoms with Crippen LogP contribution in [0.5, 0.6) is 11.5 Å². The van der Waals surface area contributed by atoms with E-state index >= 15 is 0 Å². The lowest BCUT2D eigenvalue weighted by Gasteiger charge is -2.11. The van der Waals surface area contributed by atoms with Gasteiger partial charge in [0.05, 0.1) is 31.4 Å². The molecule has 1 N–H and O–H groups in total. The molecular weight excluding hydrogens is 216 g/mol. The van der Waals surface area contributed by atoms with E-state index in [1.165, 1.54) is 0 Å². The third kappa shape index (κ3) is 2.58. The van der Waals surface area contributed by atoms with Gasteiger partial charge >= 0.3 is 0 Å². The van der Waals surface area contributed by atoms with Crippen LogP contribution in [0.25, 0.3) is 11.3 Å². The van der Waals surface area contributed by atoms with E-state index in [1.807, 2.05) is 32.0 Å². The van der Waals surface area contributed by atoms with E-state index in [2.05, 4.69) is 9.97 Å². The van der Waals surface area contributed by atoms with Gasteiger partial charge in [0.2, 0.25) is 0 Å². The molecule has 1 aromatic heterocycles. The van der Waals surface area contributed by atoms with E-state index < -0.39 is 0 Å². The maximum Gasteiger partial charge on any atom is 0.161 e. The van der Waals surface area contributed by atoms with Crippen LogP contribution in [0.3, 0.4) is 0 Å². The van der Waals surface area contributed by atoms with Gasteiger partial charge in [0.15, 0.2) is 11.5 Å². The topological polar surface area (TPSA) is 47.1 Å². The number of H-pyrrole nitrogens is 1. The number of benzene rings is 1. The summed E-state index contributed by atoms with van der Waals surface area (Å²) in [6.07, 6.45) is 3.44. The van der Waals surface area contributed by atoms with E-state index in [1.54, 1.807) is 12.5 Å². The summed E-state index contributed by atoms with van der Waals surface area (Å²) < 4.78 is 11.1. The Bertz CT molecular complexity index is 466. The highest BCUT2D eigenvalue weighted by atomic mass is 16.5. The van der Waals surface area contributed by atoms with Gasteiger partial charge in [0.25, 0.3) is 0 Å². The minimum atomic E-state index is 0.618. The molecule has 0 aliphatic rings. The highest BCUT2D eigenvalue weighted by Gasteiger charge is 2.07. The van der Waals surface area contributed by atoms with Gasteiger partial charge < -0.3 is 14.5 Å². The molecule has 0 atom stereocenters. The largest absolute Gasteiger partial charge is 0.490 e. The van der Waals surface area contributed by atoms with Crippen LogP contribution < -0.4 is 9.47 Å². The number of hydrogen-bond donors (Lipinski definition) is 1. The summed E-state index contributed by atoms with van der Waals surface area (Å²) in [5.74, 6) is 1.54. The molecule has 2 aromatic rings. The summed E-state index contributed by atoms with van der Waals surface area (Å²) in [5.41, 5.74) is 2.00. The van der Waals surface area contributed by atoms with Gasteiger partial charge in [-0.25, -0.2) is 4.98 Å². The Balaban J connectivity index is 2.34. The van der Waals surface area contributed by atoms with Crippen LogP contribution in [0.15, 0.2) is 30.7 Å². The van der Waals surface area contributed by atoms with Crippen molar-refractivity contribution in [1.29, 1.82) is 0 Å². The van der Waals surface area contributed by atoms with Crippen LogP contribution in [0, 0.1) is 0 Å². The maximum atomic E-state index is 5.57. The second kappa shape index (κ2) is 5.39. The Kier molecular flexibility index (Phi) is 3.65. The van der Waals surface area contributed by atoms with Crippen LogP contribution in [0.4, 0.5) is 0 Å². The molecule has 2 rings (SSSR count). The van der Waals surface area contributed by atoms with Crippen LogP contribution in [-0.2, 0) is 0 Å². The predicted molar refractivity (Wildman–Crippen MR) is 66.4 cm³/mol. The monoisotopic (exact) mass is 232 g/mol. The van der Waals surface area contributed by atoms with Gasteiger partial charge in [-0.1, -0.05) is 0 Å². The smallest absolute Gasteiger partial charge is 0.161 e. The highest BCUT2D eigenvalue weighted by Crippen LogP contribution is 2.31. The van der Waals surface area contributed by atoms with E-state index in [0.29, 0.717) is 13.2 Å². The van der Waals surface area contributed by atoms with Crippen molar-refractivity contribution >= 4 is 0 Å². The fraction of sp³-hybridized carbons (Fsp3) is 0.308. The lowest BCUT2D eigenvalue weighted by atomic mass is 10.1. The number of aromatic amines is 1. The Morgan fingerprint density at radius 3 is 2.53 bits per heavy atom. The fourth-order valence-electron chi connectivity index (χ4n) is 1.63. The Morgan fingerprint density at radius 1 is 1.12 bits per heavy atom. The van der Waals surface area contributed by atoms with Gasteiger partial charge in [0, 0.05) is 5.56 Å². The van der Waals surface area contributed by atoms with Gasteiger partial charge in [-0.15, -0.1) is 0 Å². The van der Waals surface area contributed by atoms with E-state index in [-0.39, 0.29) is 0 Å². The van der Waals surface area contributed by atoms with Gasteiger partial charge in [-0.3, -0.25) is 0 Å². The Labute approximate surface area is 101 Å². The third-order valence-electron chi connectivity index (χ3n) is 2.35. The first-order valence-electron chi connectivity index (χ1n) is 5.73. The molecule has 4 nitrogen and oxygen atoms in total. The maximum absolute atomic E-state index is 5.57. The van der Waals surface area contributed by atoms with E-state index in [9.17, 15) is 0 Å². The predicted octanol–water partition coefficient (Wildman–Crippen LogP) is 2.87. The molecule has 0 bridgehead atoms. The average molecular weight is 232 g/mol. The quantitative estimate of drug-likeness (QED) is 0.862. The Hall–Kier alpha value is -1.97. The summed E-state index contributed by atoms with van der Waals surface area (Å²) in [7, 11) is 0. The van der Waals surface area contributed by atoms with Gasteiger partial charge in [-0.05, 0) is 32.0 Å². The zero-order valence-electron chi connectivity index (χ0n) is 10.1.